The first-order chi connectivity index (χ1) is 11.7. The number of nitrogens with two attached hydrogens (primary N) is 1. The Labute approximate surface area is 142 Å². The fourth-order valence-electron chi connectivity index (χ4n) is 4.31. The van der Waals surface area contributed by atoms with Crippen LogP contribution in [-0.4, -0.2) is 28.8 Å². The van der Waals surface area contributed by atoms with Gasteiger partial charge < -0.3 is 10.6 Å². The van der Waals surface area contributed by atoms with Crippen molar-refractivity contribution in [2.24, 2.45) is 11.1 Å². The van der Waals surface area contributed by atoms with Crippen molar-refractivity contribution in [3.8, 4) is 6.07 Å². The zero-order chi connectivity index (χ0) is 16.7. The summed E-state index contributed by atoms with van der Waals surface area (Å²) in [5.74, 6) is -0.0915. The van der Waals surface area contributed by atoms with Crippen LogP contribution in [0.25, 0.3) is 5.70 Å². The minimum Gasteiger partial charge on any atom is -0.369 e. The average molecular weight is 322 g/mol. The van der Waals surface area contributed by atoms with Crippen LogP contribution in [0.15, 0.2) is 17.7 Å². The predicted octanol–water partition coefficient (Wildman–Crippen LogP) is 2.17. The third-order valence-electron chi connectivity index (χ3n) is 6.00. The maximum Gasteiger partial charge on any atom is 0.180 e. The van der Waals surface area contributed by atoms with Crippen LogP contribution in [0.4, 0.5) is 0 Å². The van der Waals surface area contributed by atoms with Crippen LogP contribution in [0.1, 0.15) is 49.1 Å². The molecule has 1 spiro atoms. The minimum absolute atomic E-state index is 0.0915. The molecule has 4 rings (SSSR count). The van der Waals surface area contributed by atoms with E-state index in [9.17, 15) is 10.1 Å². The van der Waals surface area contributed by atoms with Gasteiger partial charge in [-0.05, 0) is 42.7 Å². The summed E-state index contributed by atoms with van der Waals surface area (Å²) in [4.78, 5) is 19.3. The second-order valence-electron chi connectivity index (χ2n) is 7.29. The standard InChI is InChI=1S/C19H22N4O/c20-11-14-3-2-13-10-16(24)15(12-21)18(17(13)22-14)23-8-6-19(7-9-23)4-1-5-19/h2-3H,1,4-11,20H2. The molecule has 1 saturated carbocycles. The van der Waals surface area contributed by atoms with Gasteiger partial charge in [0.05, 0.1) is 17.1 Å². The Bertz CT molecular complexity index is 760. The minimum atomic E-state index is -0.0915. The Morgan fingerprint density at radius 2 is 2.00 bits per heavy atom. The highest BCUT2D eigenvalue weighted by molar-refractivity contribution is 6.09. The zero-order valence-electron chi connectivity index (χ0n) is 13.8. The highest BCUT2D eigenvalue weighted by Gasteiger charge is 2.41. The summed E-state index contributed by atoms with van der Waals surface area (Å²) < 4.78 is 0. The summed E-state index contributed by atoms with van der Waals surface area (Å²) in [5, 5.41) is 9.57. The molecule has 1 aliphatic heterocycles. The molecule has 1 aromatic heterocycles. The van der Waals surface area contributed by atoms with E-state index in [1.165, 1.54) is 19.3 Å². The number of rotatable bonds is 2. The highest BCUT2D eigenvalue weighted by Crippen LogP contribution is 2.50. The van der Waals surface area contributed by atoms with Gasteiger partial charge in [0.15, 0.2) is 5.78 Å². The average Bonchev–Trinajstić information content (AvgIpc) is 2.59. The van der Waals surface area contributed by atoms with Gasteiger partial charge in [-0.3, -0.25) is 4.79 Å². The molecule has 3 aliphatic rings. The molecule has 2 fully saturated rings. The van der Waals surface area contributed by atoms with Crippen molar-refractivity contribution < 1.29 is 4.79 Å². The number of carbonyl (C=O) groups is 1. The molecule has 0 atom stereocenters. The number of ketones is 1. The van der Waals surface area contributed by atoms with Crippen LogP contribution in [0, 0.1) is 16.7 Å². The van der Waals surface area contributed by atoms with Crippen LogP contribution in [-0.2, 0) is 17.8 Å². The zero-order valence-corrected chi connectivity index (χ0v) is 13.8. The SMILES string of the molecule is N#CC1=C(N2CCC3(CCC3)CC2)c2nc(CN)ccc2CC1=O. The molecule has 2 heterocycles. The first-order valence-electron chi connectivity index (χ1n) is 8.77. The normalized spacial score (nSPS) is 22.2. The number of piperidine rings is 1. The van der Waals surface area contributed by atoms with Crippen molar-refractivity contribution in [2.45, 2.75) is 45.1 Å². The van der Waals surface area contributed by atoms with Gasteiger partial charge >= 0.3 is 0 Å². The predicted molar refractivity (Wildman–Crippen MR) is 90.5 cm³/mol. The number of pyridine rings is 1. The van der Waals surface area contributed by atoms with Gasteiger partial charge in [0.25, 0.3) is 0 Å². The molecule has 0 aromatic carbocycles. The molecule has 2 aliphatic carbocycles. The van der Waals surface area contributed by atoms with Crippen LogP contribution < -0.4 is 5.73 Å². The first-order valence-corrected chi connectivity index (χ1v) is 8.77. The number of nitrogens with zero attached hydrogens (tertiary/aromatic N) is 3. The van der Waals surface area contributed by atoms with Gasteiger partial charge in [-0.15, -0.1) is 0 Å². The largest absolute Gasteiger partial charge is 0.369 e. The van der Waals surface area contributed by atoms with Gasteiger partial charge in [0.1, 0.15) is 11.6 Å². The van der Waals surface area contributed by atoms with Crippen LogP contribution in [0.2, 0.25) is 0 Å². The lowest BCUT2D eigenvalue weighted by Gasteiger charge is -2.49. The van der Waals surface area contributed by atoms with E-state index in [1.807, 2.05) is 12.1 Å². The second kappa shape index (κ2) is 5.71. The lowest BCUT2D eigenvalue weighted by atomic mass is 9.63. The number of hydrogen-bond donors (Lipinski definition) is 1. The fraction of sp³-hybridized carbons (Fsp3) is 0.526. The second-order valence-corrected chi connectivity index (χ2v) is 7.29. The third kappa shape index (κ3) is 2.33. The molecule has 24 heavy (non-hydrogen) atoms. The van der Waals surface area contributed by atoms with Crippen molar-refractivity contribution >= 4 is 11.5 Å². The van der Waals surface area contributed by atoms with E-state index in [0.29, 0.717) is 12.0 Å². The molecule has 1 saturated heterocycles. The van der Waals surface area contributed by atoms with E-state index in [2.05, 4.69) is 16.0 Å². The smallest absolute Gasteiger partial charge is 0.180 e. The van der Waals surface area contributed by atoms with Crippen LogP contribution >= 0.6 is 0 Å². The number of aromatic nitrogens is 1. The fourth-order valence-corrected chi connectivity index (χ4v) is 4.31. The van der Waals surface area contributed by atoms with E-state index < -0.39 is 0 Å². The van der Waals surface area contributed by atoms with Crippen molar-refractivity contribution in [3.05, 3.63) is 34.7 Å². The quantitative estimate of drug-likeness (QED) is 0.902. The Morgan fingerprint density at radius 3 is 2.58 bits per heavy atom. The lowest BCUT2D eigenvalue weighted by molar-refractivity contribution is -0.114. The lowest BCUT2D eigenvalue weighted by Crippen LogP contribution is -2.43. The van der Waals surface area contributed by atoms with Crippen LogP contribution in [0.5, 0.6) is 0 Å². The molecule has 5 heteroatoms. The molecular weight excluding hydrogens is 300 g/mol. The summed E-state index contributed by atoms with van der Waals surface area (Å²) in [5.41, 5.74) is 9.78. The molecule has 2 N–H and O–H groups in total. The molecule has 124 valence electrons. The molecular formula is C19H22N4O. The van der Waals surface area contributed by atoms with Gasteiger partial charge in [-0.25, -0.2) is 4.98 Å². The summed E-state index contributed by atoms with van der Waals surface area (Å²) in [7, 11) is 0. The Hall–Kier alpha value is -2.19. The van der Waals surface area contributed by atoms with E-state index in [0.717, 1.165) is 48.6 Å². The number of Topliss-reactive ketones (excluding diaryl/α,β-unsaturated/α-hetero) is 1. The highest BCUT2D eigenvalue weighted by atomic mass is 16.1. The monoisotopic (exact) mass is 322 g/mol. The third-order valence-corrected chi connectivity index (χ3v) is 6.00. The number of hydrogen-bond acceptors (Lipinski definition) is 5. The van der Waals surface area contributed by atoms with Crippen molar-refractivity contribution in [2.75, 3.05) is 13.1 Å². The number of allylic oxidation sites excluding steroid dienone is 1. The molecule has 0 unspecified atom stereocenters. The summed E-state index contributed by atoms with van der Waals surface area (Å²) in [6.45, 7) is 2.17. The van der Waals surface area contributed by atoms with Gasteiger partial charge in [-0.2, -0.15) is 5.26 Å². The topological polar surface area (TPSA) is 83.0 Å². The Kier molecular flexibility index (Phi) is 3.65. The van der Waals surface area contributed by atoms with Crippen LogP contribution in [0.3, 0.4) is 0 Å². The Morgan fingerprint density at radius 1 is 1.25 bits per heavy atom. The maximum atomic E-state index is 12.4. The summed E-state index contributed by atoms with van der Waals surface area (Å²) in [6, 6.07) is 5.96. The number of carbonyl (C=O) groups excluding carboxylic acids is 1. The summed E-state index contributed by atoms with van der Waals surface area (Å²) >= 11 is 0. The van der Waals surface area contributed by atoms with Gasteiger partial charge in [-0.1, -0.05) is 12.5 Å². The maximum absolute atomic E-state index is 12.4. The van der Waals surface area contributed by atoms with Crippen molar-refractivity contribution in [1.29, 1.82) is 5.26 Å². The van der Waals surface area contributed by atoms with E-state index in [1.54, 1.807) is 0 Å². The number of fused-ring (bicyclic) bond motifs is 1. The first kappa shape index (κ1) is 15.3. The summed E-state index contributed by atoms with van der Waals surface area (Å²) in [6.07, 6.45) is 6.56. The van der Waals surface area contributed by atoms with Crippen molar-refractivity contribution in [3.63, 3.8) is 0 Å². The van der Waals surface area contributed by atoms with Gasteiger partial charge in [0, 0.05) is 26.1 Å². The molecule has 1 aromatic rings. The molecule has 0 amide bonds. The molecule has 0 radical (unpaired) electrons. The molecule has 5 nitrogen and oxygen atoms in total. The van der Waals surface area contributed by atoms with Crippen molar-refractivity contribution in [1.82, 2.24) is 9.88 Å². The van der Waals surface area contributed by atoms with Gasteiger partial charge in [0.2, 0.25) is 0 Å². The van der Waals surface area contributed by atoms with E-state index >= 15 is 0 Å². The van der Waals surface area contributed by atoms with E-state index in [-0.39, 0.29) is 17.8 Å². The number of nitriles is 1. The Balaban J connectivity index is 1.73. The molecule has 0 bridgehead atoms. The van der Waals surface area contributed by atoms with E-state index in [4.69, 9.17) is 5.73 Å². The number of likely N-dealkylation sites (tertiary alicyclic amines) is 1.